The molecule has 0 saturated carbocycles. The maximum absolute atomic E-state index is 11.1. The molecule has 0 aliphatic heterocycles. The lowest BCUT2D eigenvalue weighted by Crippen LogP contribution is -2.42. The zero-order valence-corrected chi connectivity index (χ0v) is 9.86. The molecule has 0 radical (unpaired) electrons. The van der Waals surface area contributed by atoms with E-state index in [1.807, 2.05) is 0 Å². The summed E-state index contributed by atoms with van der Waals surface area (Å²) in [4.78, 5) is 33.6. The Bertz CT molecular complexity index is 280. The molecule has 0 aliphatic rings. The van der Waals surface area contributed by atoms with Gasteiger partial charge in [0.25, 0.3) is 0 Å². The van der Waals surface area contributed by atoms with Crippen LogP contribution in [0.4, 0.5) is 4.79 Å². The Balaban J connectivity index is 3.47. The predicted molar refractivity (Wildman–Crippen MR) is 58.6 cm³/mol. The summed E-state index contributed by atoms with van der Waals surface area (Å²) in [6, 6.07) is -0.501. The summed E-state index contributed by atoms with van der Waals surface area (Å²) in [6.07, 6.45) is 0. The van der Waals surface area contributed by atoms with Gasteiger partial charge in [0.15, 0.2) is 0 Å². The van der Waals surface area contributed by atoms with Gasteiger partial charge in [0.05, 0.1) is 13.2 Å². The van der Waals surface area contributed by atoms with Crippen LogP contribution in [0.5, 0.6) is 0 Å². The number of carbonyl (C=O) groups excluding carboxylic acids is 2. The summed E-state index contributed by atoms with van der Waals surface area (Å²) in [5.41, 5.74) is 0. The van der Waals surface area contributed by atoms with E-state index in [9.17, 15) is 14.4 Å². The highest BCUT2D eigenvalue weighted by Gasteiger charge is 2.06. The quantitative estimate of drug-likeness (QED) is 0.473. The van der Waals surface area contributed by atoms with Crippen LogP contribution >= 0.6 is 0 Å². The second kappa shape index (κ2) is 8.34. The number of carbonyl (C=O) groups is 3. The Hall–Kier alpha value is -1.83. The molecule has 98 valence electrons. The van der Waals surface area contributed by atoms with Crippen molar-refractivity contribution in [2.45, 2.75) is 0 Å². The van der Waals surface area contributed by atoms with E-state index in [-0.39, 0.29) is 25.6 Å². The number of carboxylic acid groups (broad SMARTS) is 1. The Labute approximate surface area is 98.9 Å². The molecular weight excluding hydrogens is 230 g/mol. The Morgan fingerprint density at radius 3 is 2.41 bits per heavy atom. The summed E-state index contributed by atoms with van der Waals surface area (Å²) in [6.45, 7) is -0.214. The number of urea groups is 1. The number of ether oxygens (including phenoxy) is 1. The van der Waals surface area contributed by atoms with Gasteiger partial charge in [-0.2, -0.15) is 0 Å². The highest BCUT2D eigenvalue weighted by molar-refractivity contribution is 5.83. The van der Waals surface area contributed by atoms with Gasteiger partial charge < -0.3 is 25.4 Å². The standard InChI is InChI=1S/C9H17N3O5/c1-12(2)7(13)5-11-9(16)10-3-4-17-6-8(14)15/h3-6H2,1-2H3,(H,14,15)(H2,10,11,16). The fourth-order valence-electron chi connectivity index (χ4n) is 0.773. The molecule has 17 heavy (non-hydrogen) atoms. The zero-order valence-electron chi connectivity index (χ0n) is 9.86. The number of hydrogen-bond acceptors (Lipinski definition) is 4. The maximum Gasteiger partial charge on any atom is 0.329 e. The molecule has 8 heteroatoms. The molecule has 0 aromatic carbocycles. The molecule has 0 bridgehead atoms. The first-order chi connectivity index (χ1) is 7.93. The predicted octanol–water partition coefficient (Wildman–Crippen LogP) is -1.52. The van der Waals surface area contributed by atoms with Gasteiger partial charge in [-0.3, -0.25) is 4.79 Å². The van der Waals surface area contributed by atoms with Crippen LogP contribution in [0.25, 0.3) is 0 Å². The number of likely N-dealkylation sites (N-methyl/N-ethyl adjacent to an activating group) is 1. The lowest BCUT2D eigenvalue weighted by Gasteiger charge is -2.11. The molecule has 0 rings (SSSR count). The van der Waals surface area contributed by atoms with Gasteiger partial charge in [0, 0.05) is 20.6 Å². The Morgan fingerprint density at radius 1 is 1.24 bits per heavy atom. The Kier molecular flexibility index (Phi) is 7.44. The van der Waals surface area contributed by atoms with Crippen LogP contribution in [0.1, 0.15) is 0 Å². The highest BCUT2D eigenvalue weighted by atomic mass is 16.5. The van der Waals surface area contributed by atoms with Crippen molar-refractivity contribution in [3.05, 3.63) is 0 Å². The summed E-state index contributed by atoms with van der Waals surface area (Å²) in [5.74, 6) is -1.28. The van der Waals surface area contributed by atoms with Crippen molar-refractivity contribution in [1.29, 1.82) is 0 Å². The van der Waals surface area contributed by atoms with Crippen molar-refractivity contribution in [3.8, 4) is 0 Å². The van der Waals surface area contributed by atoms with E-state index in [0.717, 1.165) is 0 Å². The van der Waals surface area contributed by atoms with Crippen molar-refractivity contribution in [3.63, 3.8) is 0 Å². The monoisotopic (exact) mass is 247 g/mol. The molecule has 0 heterocycles. The minimum atomic E-state index is -1.06. The molecule has 0 aliphatic carbocycles. The number of rotatable bonds is 7. The molecule has 0 spiro atoms. The second-order valence-electron chi connectivity index (χ2n) is 3.34. The minimum Gasteiger partial charge on any atom is -0.480 e. The number of nitrogens with one attached hydrogen (secondary N) is 2. The van der Waals surface area contributed by atoms with E-state index in [1.165, 1.54) is 4.90 Å². The smallest absolute Gasteiger partial charge is 0.329 e. The first-order valence-electron chi connectivity index (χ1n) is 4.95. The van der Waals surface area contributed by atoms with Crippen LogP contribution < -0.4 is 10.6 Å². The van der Waals surface area contributed by atoms with Gasteiger partial charge in [-0.25, -0.2) is 9.59 Å². The van der Waals surface area contributed by atoms with Crippen molar-refractivity contribution in [1.82, 2.24) is 15.5 Å². The molecule has 0 saturated heterocycles. The van der Waals surface area contributed by atoms with Gasteiger partial charge in [0.1, 0.15) is 6.61 Å². The van der Waals surface area contributed by atoms with Gasteiger partial charge >= 0.3 is 12.0 Å². The number of carboxylic acids is 1. The summed E-state index contributed by atoms with van der Waals surface area (Å²) < 4.78 is 4.69. The van der Waals surface area contributed by atoms with Crippen LogP contribution in [0.2, 0.25) is 0 Å². The van der Waals surface area contributed by atoms with E-state index in [4.69, 9.17) is 9.84 Å². The molecule has 3 N–H and O–H groups in total. The normalized spacial score (nSPS) is 9.53. The van der Waals surface area contributed by atoms with Crippen LogP contribution in [-0.4, -0.2) is 68.3 Å². The molecule has 0 atom stereocenters. The van der Waals surface area contributed by atoms with Crippen LogP contribution in [-0.2, 0) is 14.3 Å². The van der Waals surface area contributed by atoms with Gasteiger partial charge in [0.2, 0.25) is 5.91 Å². The molecule has 3 amide bonds. The zero-order chi connectivity index (χ0) is 13.3. The van der Waals surface area contributed by atoms with Crippen LogP contribution in [0, 0.1) is 0 Å². The lowest BCUT2D eigenvalue weighted by atomic mass is 10.5. The van der Waals surface area contributed by atoms with E-state index < -0.39 is 18.6 Å². The Morgan fingerprint density at radius 2 is 1.88 bits per heavy atom. The third-order valence-corrected chi connectivity index (χ3v) is 1.66. The summed E-state index contributed by atoms with van der Waals surface area (Å²) in [7, 11) is 3.17. The number of aliphatic carboxylic acids is 1. The highest BCUT2D eigenvalue weighted by Crippen LogP contribution is 1.77. The number of hydrogen-bond donors (Lipinski definition) is 3. The first-order valence-corrected chi connectivity index (χ1v) is 4.95. The first kappa shape index (κ1) is 15.2. The van der Waals surface area contributed by atoms with E-state index in [2.05, 4.69) is 10.6 Å². The fourth-order valence-corrected chi connectivity index (χ4v) is 0.773. The molecule has 0 fully saturated rings. The molecule has 0 aromatic heterocycles. The van der Waals surface area contributed by atoms with Crippen LogP contribution in [0.3, 0.4) is 0 Å². The average molecular weight is 247 g/mol. The summed E-state index contributed by atoms with van der Waals surface area (Å²) in [5, 5.41) is 13.0. The van der Waals surface area contributed by atoms with Crippen molar-refractivity contribution in [2.24, 2.45) is 0 Å². The van der Waals surface area contributed by atoms with Gasteiger partial charge in [-0.1, -0.05) is 0 Å². The van der Waals surface area contributed by atoms with E-state index >= 15 is 0 Å². The molecular formula is C9H17N3O5. The van der Waals surface area contributed by atoms with E-state index in [1.54, 1.807) is 14.1 Å². The third-order valence-electron chi connectivity index (χ3n) is 1.66. The van der Waals surface area contributed by atoms with Gasteiger partial charge in [-0.15, -0.1) is 0 Å². The third kappa shape index (κ3) is 9.12. The molecule has 0 aromatic rings. The average Bonchev–Trinajstić information content (AvgIpc) is 2.24. The van der Waals surface area contributed by atoms with Crippen molar-refractivity contribution in [2.75, 3.05) is 40.4 Å². The minimum absolute atomic E-state index is 0.0885. The molecule has 8 nitrogen and oxygen atoms in total. The fraction of sp³-hybridized carbons (Fsp3) is 0.667. The van der Waals surface area contributed by atoms with Crippen molar-refractivity contribution < 1.29 is 24.2 Å². The lowest BCUT2D eigenvalue weighted by molar-refractivity contribution is -0.142. The largest absolute Gasteiger partial charge is 0.480 e. The van der Waals surface area contributed by atoms with Crippen molar-refractivity contribution >= 4 is 17.9 Å². The van der Waals surface area contributed by atoms with E-state index in [0.29, 0.717) is 0 Å². The topological polar surface area (TPSA) is 108 Å². The summed E-state index contributed by atoms with van der Waals surface area (Å²) >= 11 is 0. The number of nitrogens with zero attached hydrogens (tertiary/aromatic N) is 1. The number of amides is 3. The molecule has 0 unspecified atom stereocenters. The maximum atomic E-state index is 11.1. The van der Waals surface area contributed by atoms with Gasteiger partial charge in [-0.05, 0) is 0 Å². The second-order valence-corrected chi connectivity index (χ2v) is 3.34. The van der Waals surface area contributed by atoms with Crippen LogP contribution in [0.15, 0.2) is 0 Å². The SMILES string of the molecule is CN(C)C(=O)CNC(=O)NCCOCC(=O)O.